The minimum Gasteiger partial charge on any atom is -0.445 e. The molecule has 1 saturated carbocycles. The molecule has 0 spiro atoms. The van der Waals surface area contributed by atoms with E-state index in [4.69, 9.17) is 4.74 Å². The fourth-order valence-electron chi connectivity index (χ4n) is 2.24. The summed E-state index contributed by atoms with van der Waals surface area (Å²) in [7, 11) is 0. The molecule has 0 aromatic heterocycles. The lowest BCUT2D eigenvalue weighted by molar-refractivity contribution is -0.122. The van der Waals surface area contributed by atoms with E-state index in [9.17, 15) is 9.59 Å². The molecule has 1 amide bonds. The summed E-state index contributed by atoms with van der Waals surface area (Å²) in [6.07, 6.45) is 10.9. The predicted octanol–water partition coefficient (Wildman–Crippen LogP) is 2.50. The number of ether oxygens (including phenoxy) is 1. The predicted molar refractivity (Wildman–Crippen MR) is 68.2 cm³/mol. The normalized spacial score (nSPS) is 23.4. The Morgan fingerprint density at radius 3 is 3.00 bits per heavy atom. The highest BCUT2D eigenvalue weighted by Gasteiger charge is 2.24. The van der Waals surface area contributed by atoms with Crippen molar-refractivity contribution in [2.24, 2.45) is 0 Å². The van der Waals surface area contributed by atoms with Crippen LogP contribution in [0.2, 0.25) is 0 Å². The highest BCUT2D eigenvalue weighted by Crippen LogP contribution is 2.15. The topological polar surface area (TPSA) is 55.4 Å². The second kappa shape index (κ2) is 6.38. The Morgan fingerprint density at radius 2 is 2.28 bits per heavy atom. The highest BCUT2D eigenvalue weighted by atomic mass is 16.5. The molecular formula is C14H19NO3. The molecule has 2 rings (SSSR count). The molecule has 18 heavy (non-hydrogen) atoms. The zero-order chi connectivity index (χ0) is 12.8. The maximum Gasteiger partial charge on any atom is 0.408 e. The molecule has 0 aromatic carbocycles. The Bertz CT molecular complexity index is 385. The monoisotopic (exact) mass is 249 g/mol. The van der Waals surface area contributed by atoms with E-state index >= 15 is 0 Å². The Kier molecular flexibility index (Phi) is 4.56. The lowest BCUT2D eigenvalue weighted by atomic mass is 9.94. The van der Waals surface area contributed by atoms with Crippen molar-refractivity contribution >= 4 is 11.9 Å². The van der Waals surface area contributed by atoms with Gasteiger partial charge in [0.1, 0.15) is 6.61 Å². The SMILES string of the molecule is O=C(NC1CCCCC1=O)OCC1=CCCC=C1. The van der Waals surface area contributed by atoms with E-state index in [-0.39, 0.29) is 18.4 Å². The number of amides is 1. The molecule has 2 aliphatic rings. The molecule has 0 saturated heterocycles. The first-order chi connectivity index (χ1) is 8.75. The third kappa shape index (κ3) is 3.72. The van der Waals surface area contributed by atoms with Crippen molar-refractivity contribution in [3.05, 3.63) is 23.8 Å². The highest BCUT2D eigenvalue weighted by molar-refractivity contribution is 5.87. The second-order valence-corrected chi connectivity index (χ2v) is 4.74. The van der Waals surface area contributed by atoms with Crippen molar-refractivity contribution in [3.8, 4) is 0 Å². The first-order valence-corrected chi connectivity index (χ1v) is 6.57. The second-order valence-electron chi connectivity index (χ2n) is 4.74. The molecule has 1 unspecified atom stereocenters. The number of Topliss-reactive ketones (excluding diaryl/α,β-unsaturated/α-hetero) is 1. The molecule has 98 valence electrons. The van der Waals surface area contributed by atoms with Gasteiger partial charge in [-0.25, -0.2) is 4.79 Å². The number of rotatable bonds is 3. The molecule has 0 radical (unpaired) electrons. The van der Waals surface area contributed by atoms with Gasteiger partial charge in [0.2, 0.25) is 0 Å². The maximum absolute atomic E-state index is 11.6. The zero-order valence-electron chi connectivity index (χ0n) is 10.5. The summed E-state index contributed by atoms with van der Waals surface area (Å²) in [5.74, 6) is 0.120. The zero-order valence-corrected chi connectivity index (χ0v) is 10.5. The number of allylic oxidation sites excluding steroid dienone is 2. The summed E-state index contributed by atoms with van der Waals surface area (Å²) < 4.78 is 5.11. The van der Waals surface area contributed by atoms with Gasteiger partial charge in [0.25, 0.3) is 0 Å². The van der Waals surface area contributed by atoms with Gasteiger partial charge in [0, 0.05) is 6.42 Å². The summed E-state index contributed by atoms with van der Waals surface area (Å²) in [4.78, 5) is 23.1. The number of carbonyl (C=O) groups is 2. The molecular weight excluding hydrogens is 230 g/mol. The Hall–Kier alpha value is -1.58. The first-order valence-electron chi connectivity index (χ1n) is 6.57. The molecule has 0 aliphatic heterocycles. The summed E-state index contributed by atoms with van der Waals surface area (Å²) in [6.45, 7) is 0.281. The molecule has 1 fully saturated rings. The van der Waals surface area contributed by atoms with Crippen LogP contribution in [0.1, 0.15) is 38.5 Å². The van der Waals surface area contributed by atoms with E-state index in [2.05, 4.69) is 17.5 Å². The smallest absolute Gasteiger partial charge is 0.408 e. The molecule has 0 heterocycles. The van der Waals surface area contributed by atoms with E-state index < -0.39 is 6.09 Å². The van der Waals surface area contributed by atoms with Gasteiger partial charge >= 0.3 is 6.09 Å². The largest absolute Gasteiger partial charge is 0.445 e. The van der Waals surface area contributed by atoms with E-state index in [1.54, 1.807) is 0 Å². The lowest BCUT2D eigenvalue weighted by Gasteiger charge is -2.21. The molecule has 4 heteroatoms. The van der Waals surface area contributed by atoms with Crippen molar-refractivity contribution in [1.82, 2.24) is 5.32 Å². The standard InChI is InChI=1S/C14H19NO3/c16-13-9-5-4-8-12(13)15-14(17)18-10-11-6-2-1-3-7-11/h2,6-7,12H,1,3-5,8-10H2,(H,15,17). The van der Waals surface area contributed by atoms with E-state index in [1.807, 2.05) is 6.08 Å². The van der Waals surface area contributed by atoms with Crippen LogP contribution in [0.25, 0.3) is 0 Å². The van der Waals surface area contributed by atoms with Gasteiger partial charge < -0.3 is 10.1 Å². The summed E-state index contributed by atoms with van der Waals surface area (Å²) in [5, 5.41) is 2.65. The van der Waals surface area contributed by atoms with Crippen molar-refractivity contribution in [3.63, 3.8) is 0 Å². The third-order valence-corrected chi connectivity index (χ3v) is 3.29. The molecule has 0 aromatic rings. The van der Waals surface area contributed by atoms with Gasteiger partial charge in [-0.05, 0) is 31.3 Å². The molecule has 2 aliphatic carbocycles. The average Bonchev–Trinajstić information content (AvgIpc) is 2.40. The number of alkyl carbamates (subject to hydrolysis) is 1. The van der Waals surface area contributed by atoms with Crippen LogP contribution in [0.15, 0.2) is 23.8 Å². The van der Waals surface area contributed by atoms with Gasteiger partial charge in [-0.15, -0.1) is 0 Å². The van der Waals surface area contributed by atoms with Crippen LogP contribution < -0.4 is 5.32 Å². The van der Waals surface area contributed by atoms with Crippen molar-refractivity contribution < 1.29 is 14.3 Å². The number of carbonyl (C=O) groups excluding carboxylic acids is 2. The van der Waals surface area contributed by atoms with E-state index in [0.29, 0.717) is 6.42 Å². The van der Waals surface area contributed by atoms with Gasteiger partial charge in [-0.2, -0.15) is 0 Å². The van der Waals surface area contributed by atoms with Crippen LogP contribution in [-0.2, 0) is 9.53 Å². The molecule has 1 atom stereocenters. The third-order valence-electron chi connectivity index (χ3n) is 3.29. The Balaban J connectivity index is 1.73. The first kappa shape index (κ1) is 12.9. The van der Waals surface area contributed by atoms with Crippen LogP contribution in [0, 0.1) is 0 Å². The van der Waals surface area contributed by atoms with Crippen LogP contribution in [-0.4, -0.2) is 24.5 Å². The molecule has 0 bridgehead atoms. The molecule has 1 N–H and O–H groups in total. The fourth-order valence-corrected chi connectivity index (χ4v) is 2.24. The van der Waals surface area contributed by atoms with Crippen LogP contribution in [0.4, 0.5) is 4.79 Å². The Morgan fingerprint density at radius 1 is 1.39 bits per heavy atom. The van der Waals surface area contributed by atoms with E-state index in [1.165, 1.54) is 0 Å². The van der Waals surface area contributed by atoms with Gasteiger partial charge in [0.15, 0.2) is 5.78 Å². The van der Waals surface area contributed by atoms with Gasteiger partial charge in [-0.3, -0.25) is 4.79 Å². The number of ketones is 1. The fraction of sp³-hybridized carbons (Fsp3) is 0.571. The lowest BCUT2D eigenvalue weighted by Crippen LogP contribution is -2.42. The maximum atomic E-state index is 11.6. The Labute approximate surface area is 107 Å². The summed E-state index contributed by atoms with van der Waals surface area (Å²) in [5.41, 5.74) is 1.02. The summed E-state index contributed by atoms with van der Waals surface area (Å²) >= 11 is 0. The van der Waals surface area contributed by atoms with Crippen molar-refractivity contribution in [2.45, 2.75) is 44.6 Å². The van der Waals surface area contributed by atoms with Crippen LogP contribution in [0.5, 0.6) is 0 Å². The van der Waals surface area contributed by atoms with Crippen LogP contribution >= 0.6 is 0 Å². The number of hydrogen-bond acceptors (Lipinski definition) is 3. The molecule has 4 nitrogen and oxygen atoms in total. The average molecular weight is 249 g/mol. The minimum atomic E-state index is -0.491. The minimum absolute atomic E-state index is 0.120. The number of nitrogens with one attached hydrogen (secondary N) is 1. The van der Waals surface area contributed by atoms with Crippen LogP contribution in [0.3, 0.4) is 0 Å². The van der Waals surface area contributed by atoms with Gasteiger partial charge in [-0.1, -0.05) is 24.6 Å². The van der Waals surface area contributed by atoms with Crippen molar-refractivity contribution in [2.75, 3.05) is 6.61 Å². The van der Waals surface area contributed by atoms with E-state index in [0.717, 1.165) is 37.7 Å². The van der Waals surface area contributed by atoms with Gasteiger partial charge in [0.05, 0.1) is 6.04 Å². The quantitative estimate of drug-likeness (QED) is 0.836. The van der Waals surface area contributed by atoms with Crippen molar-refractivity contribution in [1.29, 1.82) is 0 Å². The summed E-state index contributed by atoms with van der Waals surface area (Å²) in [6, 6.07) is -0.345. The number of hydrogen-bond donors (Lipinski definition) is 1.